The predicted molar refractivity (Wildman–Crippen MR) is 92.4 cm³/mol. The lowest BCUT2D eigenvalue weighted by atomic mass is 10.0. The van der Waals surface area contributed by atoms with E-state index in [2.05, 4.69) is 26.3 Å². The Morgan fingerprint density at radius 3 is 2.38 bits per heavy atom. The minimum atomic E-state index is 0.230. The van der Waals surface area contributed by atoms with E-state index in [0.29, 0.717) is 10.0 Å². The highest BCUT2D eigenvalue weighted by Gasteiger charge is 2.18. The van der Waals surface area contributed by atoms with Gasteiger partial charge in [-0.05, 0) is 54.0 Å². The number of halogens is 3. The first-order valence-corrected chi connectivity index (χ1v) is 8.27. The van der Waals surface area contributed by atoms with Crippen LogP contribution in [0, 0.1) is 6.92 Å². The molecule has 2 aromatic rings. The van der Waals surface area contributed by atoms with Gasteiger partial charge in [0.2, 0.25) is 0 Å². The molecule has 0 bridgehead atoms. The largest absolute Gasteiger partial charge is 0.316 e. The maximum absolute atomic E-state index is 6.26. The number of likely N-dealkylation sites (N-methyl/N-ethyl adjacent to an activating group) is 1. The van der Waals surface area contributed by atoms with Gasteiger partial charge in [0.05, 0.1) is 15.9 Å². The fourth-order valence-corrected chi connectivity index (χ4v) is 3.43. The van der Waals surface area contributed by atoms with Crippen molar-refractivity contribution in [1.82, 2.24) is 15.1 Å². The molecule has 0 spiro atoms. The van der Waals surface area contributed by atoms with Gasteiger partial charge in [0.1, 0.15) is 0 Å². The van der Waals surface area contributed by atoms with Crippen LogP contribution in [0.25, 0.3) is 0 Å². The molecule has 0 aliphatic heterocycles. The number of rotatable bonds is 5. The second-order valence-electron chi connectivity index (χ2n) is 5.06. The second-order valence-corrected chi connectivity index (χ2v) is 6.67. The van der Waals surface area contributed by atoms with E-state index in [-0.39, 0.29) is 6.04 Å². The number of benzene rings is 1. The Bertz CT molecular complexity index is 620. The summed E-state index contributed by atoms with van der Waals surface area (Å²) in [4.78, 5) is 0. The van der Waals surface area contributed by atoms with E-state index in [1.165, 1.54) is 0 Å². The molecule has 0 saturated heterocycles. The first kappa shape index (κ1) is 16.8. The van der Waals surface area contributed by atoms with Gasteiger partial charge in [-0.15, -0.1) is 0 Å². The van der Waals surface area contributed by atoms with Crippen LogP contribution in [-0.2, 0) is 19.9 Å². The highest BCUT2D eigenvalue weighted by molar-refractivity contribution is 9.10. The van der Waals surface area contributed by atoms with Gasteiger partial charge in [-0.3, -0.25) is 4.68 Å². The number of aromatic nitrogens is 2. The van der Waals surface area contributed by atoms with E-state index < -0.39 is 0 Å². The van der Waals surface area contributed by atoms with Crippen molar-refractivity contribution in [2.75, 3.05) is 7.05 Å². The number of nitrogens with zero attached hydrogens (tertiary/aromatic N) is 2. The Labute approximate surface area is 143 Å². The monoisotopic (exact) mass is 389 g/mol. The molecule has 1 aromatic carbocycles. The highest BCUT2D eigenvalue weighted by atomic mass is 79.9. The van der Waals surface area contributed by atoms with Crippen LogP contribution in [0.5, 0.6) is 0 Å². The third-order valence-corrected chi connectivity index (χ3v) is 5.36. The summed E-state index contributed by atoms with van der Waals surface area (Å²) in [5.41, 5.74) is 3.14. The topological polar surface area (TPSA) is 29.9 Å². The number of nitrogens with one attached hydrogen (secondary N) is 1. The third-order valence-electron chi connectivity index (χ3n) is 3.62. The van der Waals surface area contributed by atoms with Gasteiger partial charge in [-0.2, -0.15) is 5.10 Å². The lowest BCUT2D eigenvalue weighted by Gasteiger charge is -2.18. The summed E-state index contributed by atoms with van der Waals surface area (Å²) in [5, 5.41) is 9.19. The summed E-state index contributed by atoms with van der Waals surface area (Å²) in [7, 11) is 3.91. The molecular weight excluding hydrogens is 373 g/mol. The van der Waals surface area contributed by atoms with Gasteiger partial charge in [-0.25, -0.2) is 0 Å². The van der Waals surface area contributed by atoms with Crippen LogP contribution in [0.3, 0.4) is 0 Å². The first-order valence-electron chi connectivity index (χ1n) is 6.72. The SMILES string of the molecule is CNC(Cc1c(Cl)cccc1Cl)Cc1c(Br)c(C)nn1C. The molecule has 0 fully saturated rings. The Hall–Kier alpha value is -0.550. The molecule has 2 rings (SSSR count). The van der Waals surface area contributed by atoms with Gasteiger partial charge in [0, 0.05) is 29.6 Å². The molecule has 1 N–H and O–H groups in total. The number of hydrogen-bond acceptors (Lipinski definition) is 2. The predicted octanol–water partition coefficient (Wildman–Crippen LogP) is 4.17. The van der Waals surface area contributed by atoms with Crippen LogP contribution in [0.15, 0.2) is 22.7 Å². The summed E-state index contributed by atoms with van der Waals surface area (Å²) >= 11 is 16.1. The van der Waals surface area contributed by atoms with Crippen LogP contribution in [-0.4, -0.2) is 22.9 Å². The van der Waals surface area contributed by atoms with Crippen molar-refractivity contribution in [3.8, 4) is 0 Å². The Morgan fingerprint density at radius 2 is 1.90 bits per heavy atom. The third kappa shape index (κ3) is 3.81. The molecule has 6 heteroatoms. The van der Waals surface area contributed by atoms with Crippen molar-refractivity contribution in [1.29, 1.82) is 0 Å². The van der Waals surface area contributed by atoms with E-state index in [9.17, 15) is 0 Å². The average Bonchev–Trinajstić information content (AvgIpc) is 2.67. The molecule has 0 aliphatic rings. The molecule has 1 heterocycles. The van der Waals surface area contributed by atoms with Gasteiger partial charge in [-0.1, -0.05) is 29.3 Å². The molecular formula is C15H18BrCl2N3. The van der Waals surface area contributed by atoms with Crippen LogP contribution in [0.2, 0.25) is 10.0 Å². The van der Waals surface area contributed by atoms with E-state index in [4.69, 9.17) is 23.2 Å². The molecule has 114 valence electrons. The Kier molecular flexibility index (Phi) is 5.72. The zero-order chi connectivity index (χ0) is 15.6. The van der Waals surface area contributed by atoms with Crippen molar-refractivity contribution in [2.24, 2.45) is 7.05 Å². The normalized spacial score (nSPS) is 12.7. The minimum absolute atomic E-state index is 0.230. The van der Waals surface area contributed by atoms with Gasteiger partial charge in [0.25, 0.3) is 0 Å². The van der Waals surface area contributed by atoms with Crippen LogP contribution in [0.1, 0.15) is 17.0 Å². The molecule has 0 aliphatic carbocycles. The summed E-state index contributed by atoms with van der Waals surface area (Å²) in [6.07, 6.45) is 1.61. The number of hydrogen-bond donors (Lipinski definition) is 1. The van der Waals surface area contributed by atoms with E-state index in [1.807, 2.05) is 43.9 Å². The first-order chi connectivity index (χ1) is 9.93. The average molecular weight is 391 g/mol. The fourth-order valence-electron chi connectivity index (χ4n) is 2.39. The maximum Gasteiger partial charge on any atom is 0.0738 e. The summed E-state index contributed by atoms with van der Waals surface area (Å²) < 4.78 is 2.98. The summed E-state index contributed by atoms with van der Waals surface area (Å²) in [6, 6.07) is 5.84. The second kappa shape index (κ2) is 7.14. The number of aryl methyl sites for hydroxylation is 2. The lowest BCUT2D eigenvalue weighted by molar-refractivity contribution is 0.533. The van der Waals surface area contributed by atoms with Crippen molar-refractivity contribution in [3.05, 3.63) is 49.7 Å². The molecule has 1 unspecified atom stereocenters. The Balaban J connectivity index is 2.21. The van der Waals surface area contributed by atoms with E-state index >= 15 is 0 Å². The van der Waals surface area contributed by atoms with Crippen molar-refractivity contribution in [3.63, 3.8) is 0 Å². The maximum atomic E-state index is 6.26. The van der Waals surface area contributed by atoms with Crippen molar-refractivity contribution < 1.29 is 0 Å². The van der Waals surface area contributed by atoms with Crippen LogP contribution >= 0.6 is 39.1 Å². The minimum Gasteiger partial charge on any atom is -0.316 e. The standard InChI is InChI=1S/C15H18BrCl2N3/c1-9-15(16)14(21(3)20-9)8-10(19-2)7-11-12(17)5-4-6-13(11)18/h4-6,10,19H,7-8H2,1-3H3. The van der Waals surface area contributed by atoms with Crippen molar-refractivity contribution >= 4 is 39.1 Å². The molecule has 1 atom stereocenters. The highest BCUT2D eigenvalue weighted by Crippen LogP contribution is 2.27. The zero-order valence-corrected chi connectivity index (χ0v) is 15.3. The van der Waals surface area contributed by atoms with Crippen LogP contribution in [0.4, 0.5) is 0 Å². The van der Waals surface area contributed by atoms with E-state index in [1.54, 1.807) is 0 Å². The van der Waals surface area contributed by atoms with Gasteiger partial charge >= 0.3 is 0 Å². The summed E-state index contributed by atoms with van der Waals surface area (Å²) in [5.74, 6) is 0. The van der Waals surface area contributed by atoms with Crippen LogP contribution < -0.4 is 5.32 Å². The molecule has 1 aromatic heterocycles. The lowest BCUT2D eigenvalue weighted by Crippen LogP contribution is -2.31. The molecule has 0 amide bonds. The zero-order valence-electron chi connectivity index (χ0n) is 12.3. The van der Waals surface area contributed by atoms with E-state index in [0.717, 1.165) is 34.3 Å². The molecule has 21 heavy (non-hydrogen) atoms. The smallest absolute Gasteiger partial charge is 0.0738 e. The molecule has 0 saturated carbocycles. The fraction of sp³-hybridized carbons (Fsp3) is 0.400. The molecule has 3 nitrogen and oxygen atoms in total. The van der Waals surface area contributed by atoms with Gasteiger partial charge in [0.15, 0.2) is 0 Å². The Morgan fingerprint density at radius 1 is 1.29 bits per heavy atom. The molecule has 0 radical (unpaired) electrons. The van der Waals surface area contributed by atoms with Crippen molar-refractivity contribution in [2.45, 2.75) is 25.8 Å². The summed E-state index contributed by atoms with van der Waals surface area (Å²) in [6.45, 7) is 1.99. The quantitative estimate of drug-likeness (QED) is 0.830. The van der Waals surface area contributed by atoms with Gasteiger partial charge < -0.3 is 5.32 Å².